The second-order valence-electron chi connectivity index (χ2n) is 7.75. The number of aromatic nitrogens is 1. The molecule has 3 aromatic rings. The number of nitriles is 1. The molecule has 0 fully saturated rings. The highest BCUT2D eigenvalue weighted by atomic mass is 32.1. The highest BCUT2D eigenvalue weighted by Crippen LogP contribution is 2.37. The number of nitrogens with zero attached hydrogens (tertiary/aromatic N) is 2. The Bertz CT molecular complexity index is 1520. The van der Waals surface area contributed by atoms with Crippen LogP contribution in [0.2, 0.25) is 0 Å². The molecular formula is C26H23N3O3S. The number of rotatable bonds is 4. The van der Waals surface area contributed by atoms with Gasteiger partial charge in [0.1, 0.15) is 10.5 Å². The SMILES string of the molecule is CCOC(=O)C1=c2s/c(=C/c3ccccc3C)c(=O)n2C(N)=C(C#N)[C@@H]1c1ccccc1C. The lowest BCUT2D eigenvalue weighted by Gasteiger charge is -2.25. The van der Waals surface area contributed by atoms with Crippen LogP contribution in [0.1, 0.15) is 35.1 Å². The highest BCUT2D eigenvalue weighted by Gasteiger charge is 2.36. The van der Waals surface area contributed by atoms with Crippen molar-refractivity contribution >= 4 is 34.8 Å². The fourth-order valence-corrected chi connectivity index (χ4v) is 5.22. The molecule has 0 aliphatic carbocycles. The zero-order chi connectivity index (χ0) is 23.7. The molecule has 7 heteroatoms. The van der Waals surface area contributed by atoms with Crippen LogP contribution in [0, 0.1) is 25.2 Å². The first-order chi connectivity index (χ1) is 15.9. The van der Waals surface area contributed by atoms with Gasteiger partial charge < -0.3 is 10.5 Å². The first-order valence-corrected chi connectivity index (χ1v) is 11.4. The number of thiazole rings is 1. The minimum absolute atomic E-state index is 0.0412. The third-order valence-electron chi connectivity index (χ3n) is 5.74. The Kier molecular flexibility index (Phi) is 6.03. The van der Waals surface area contributed by atoms with Gasteiger partial charge in [-0.25, -0.2) is 4.79 Å². The van der Waals surface area contributed by atoms with E-state index in [4.69, 9.17) is 10.5 Å². The number of esters is 1. The largest absolute Gasteiger partial charge is 0.463 e. The summed E-state index contributed by atoms with van der Waals surface area (Å²) >= 11 is 1.18. The fourth-order valence-electron chi connectivity index (χ4n) is 4.06. The van der Waals surface area contributed by atoms with Crippen LogP contribution in [0.15, 0.2) is 58.9 Å². The molecule has 166 valence electrons. The lowest BCUT2D eigenvalue weighted by Crippen LogP contribution is -2.40. The number of carbonyl (C=O) groups is 1. The number of fused-ring (bicyclic) bond motifs is 1. The molecule has 0 bridgehead atoms. The minimum Gasteiger partial charge on any atom is -0.463 e. The highest BCUT2D eigenvalue weighted by molar-refractivity contribution is 7.07. The summed E-state index contributed by atoms with van der Waals surface area (Å²) in [6, 6.07) is 17.4. The number of ether oxygens (including phenoxy) is 1. The topological polar surface area (TPSA) is 98.1 Å². The molecule has 0 spiro atoms. The smallest absolute Gasteiger partial charge is 0.338 e. The molecule has 2 heterocycles. The quantitative estimate of drug-likeness (QED) is 0.607. The van der Waals surface area contributed by atoms with Crippen LogP contribution >= 0.6 is 11.3 Å². The monoisotopic (exact) mass is 457 g/mol. The Labute approximate surface area is 195 Å². The van der Waals surface area contributed by atoms with Gasteiger partial charge in [-0.15, -0.1) is 11.3 Å². The summed E-state index contributed by atoms with van der Waals surface area (Å²) < 4.78 is 7.46. The summed E-state index contributed by atoms with van der Waals surface area (Å²) in [5, 5.41) is 10.0. The number of nitrogens with two attached hydrogens (primary N) is 1. The Morgan fingerprint density at radius 2 is 1.85 bits per heavy atom. The average molecular weight is 458 g/mol. The van der Waals surface area contributed by atoms with Gasteiger partial charge >= 0.3 is 5.97 Å². The summed E-state index contributed by atoms with van der Waals surface area (Å²) in [7, 11) is 0. The Morgan fingerprint density at radius 1 is 1.18 bits per heavy atom. The van der Waals surface area contributed by atoms with E-state index in [1.165, 1.54) is 15.9 Å². The molecule has 4 rings (SSSR count). The molecule has 0 unspecified atom stereocenters. The summed E-state index contributed by atoms with van der Waals surface area (Å²) in [6.45, 7) is 5.76. The molecule has 0 saturated carbocycles. The van der Waals surface area contributed by atoms with E-state index < -0.39 is 11.9 Å². The van der Waals surface area contributed by atoms with Crippen molar-refractivity contribution < 1.29 is 9.53 Å². The van der Waals surface area contributed by atoms with Gasteiger partial charge in [-0.05, 0) is 49.1 Å². The van der Waals surface area contributed by atoms with Crippen molar-refractivity contribution in [2.75, 3.05) is 6.61 Å². The zero-order valence-corrected chi connectivity index (χ0v) is 19.4. The van der Waals surface area contributed by atoms with Crippen LogP contribution in [-0.4, -0.2) is 17.1 Å². The standard InChI is InChI=1S/C26H23N3O3S/c1-4-32-26(31)22-21(18-12-8-6-10-16(18)3)19(14-27)23(28)29-24(30)20(33-25(22)29)13-17-11-7-5-9-15(17)2/h5-13,21H,4,28H2,1-3H3/b20-13+/t21-/m0/s1. The van der Waals surface area contributed by atoms with Gasteiger partial charge in [0.15, 0.2) is 0 Å². The molecule has 0 amide bonds. The maximum Gasteiger partial charge on any atom is 0.338 e. The maximum atomic E-state index is 13.4. The zero-order valence-electron chi connectivity index (χ0n) is 18.6. The van der Waals surface area contributed by atoms with Crippen molar-refractivity contribution in [2.24, 2.45) is 5.73 Å². The van der Waals surface area contributed by atoms with Crippen LogP contribution in [-0.2, 0) is 9.53 Å². The van der Waals surface area contributed by atoms with Gasteiger partial charge in [0.2, 0.25) is 0 Å². The lowest BCUT2D eigenvalue weighted by atomic mass is 9.82. The molecule has 2 aromatic carbocycles. The van der Waals surface area contributed by atoms with Crippen molar-refractivity contribution in [2.45, 2.75) is 26.7 Å². The normalized spacial score (nSPS) is 15.9. The number of benzene rings is 2. The average Bonchev–Trinajstić information content (AvgIpc) is 3.11. The van der Waals surface area contributed by atoms with Crippen molar-refractivity contribution in [3.8, 4) is 6.07 Å². The van der Waals surface area contributed by atoms with Crippen LogP contribution < -0.4 is 20.5 Å². The van der Waals surface area contributed by atoms with Gasteiger partial charge in [-0.2, -0.15) is 5.26 Å². The van der Waals surface area contributed by atoms with Crippen LogP contribution in [0.4, 0.5) is 0 Å². The number of hydrogen-bond donors (Lipinski definition) is 1. The first kappa shape index (κ1) is 22.3. The third-order valence-corrected chi connectivity index (χ3v) is 6.85. The van der Waals surface area contributed by atoms with E-state index in [0.717, 1.165) is 22.3 Å². The van der Waals surface area contributed by atoms with Gasteiger partial charge in [0, 0.05) is 0 Å². The molecule has 0 saturated heterocycles. The second kappa shape index (κ2) is 8.93. The van der Waals surface area contributed by atoms with Gasteiger partial charge in [0.25, 0.3) is 5.56 Å². The molecule has 6 nitrogen and oxygen atoms in total. The number of hydrogen-bond acceptors (Lipinski definition) is 6. The Morgan fingerprint density at radius 3 is 2.48 bits per heavy atom. The predicted octanol–water partition coefficient (Wildman–Crippen LogP) is 2.52. The van der Waals surface area contributed by atoms with E-state index in [9.17, 15) is 14.9 Å². The number of allylic oxidation sites excluding steroid dienone is 1. The van der Waals surface area contributed by atoms with Crippen molar-refractivity contribution in [3.63, 3.8) is 0 Å². The van der Waals surface area contributed by atoms with Crippen LogP contribution in [0.25, 0.3) is 17.5 Å². The minimum atomic E-state index is -0.723. The predicted molar refractivity (Wildman–Crippen MR) is 130 cm³/mol. The van der Waals surface area contributed by atoms with E-state index in [1.54, 1.807) is 13.0 Å². The van der Waals surface area contributed by atoms with E-state index in [2.05, 4.69) is 6.07 Å². The summed E-state index contributed by atoms with van der Waals surface area (Å²) in [6.07, 6.45) is 1.79. The Hall–Kier alpha value is -3.89. The molecule has 1 aromatic heterocycles. The third kappa shape index (κ3) is 3.79. The Balaban J connectivity index is 2.14. The molecule has 1 aliphatic rings. The summed E-state index contributed by atoms with van der Waals surface area (Å²) in [5.41, 5.74) is 10.0. The molecule has 1 atom stereocenters. The fraction of sp³-hybridized carbons (Fsp3) is 0.192. The lowest BCUT2D eigenvalue weighted by molar-refractivity contribution is -0.136. The number of carbonyl (C=O) groups excluding carboxylic acids is 1. The molecule has 2 N–H and O–H groups in total. The van der Waals surface area contributed by atoms with Crippen molar-refractivity contribution in [1.29, 1.82) is 5.26 Å². The number of aryl methyl sites for hydroxylation is 2. The van der Waals surface area contributed by atoms with Gasteiger partial charge in [-0.1, -0.05) is 48.5 Å². The maximum absolute atomic E-state index is 13.4. The van der Waals surface area contributed by atoms with E-state index in [-0.39, 0.29) is 29.1 Å². The van der Waals surface area contributed by atoms with E-state index >= 15 is 0 Å². The van der Waals surface area contributed by atoms with Crippen molar-refractivity contribution in [3.05, 3.63) is 95.9 Å². The summed E-state index contributed by atoms with van der Waals surface area (Å²) in [5.74, 6) is -1.25. The van der Waals surface area contributed by atoms with Crippen molar-refractivity contribution in [1.82, 2.24) is 4.57 Å². The molecular weight excluding hydrogens is 434 g/mol. The van der Waals surface area contributed by atoms with Crippen LogP contribution in [0.5, 0.6) is 0 Å². The molecule has 33 heavy (non-hydrogen) atoms. The second-order valence-corrected chi connectivity index (χ2v) is 8.78. The van der Waals surface area contributed by atoms with E-state index in [1.807, 2.05) is 62.4 Å². The van der Waals surface area contributed by atoms with E-state index in [0.29, 0.717) is 9.20 Å². The van der Waals surface area contributed by atoms with Crippen LogP contribution in [0.3, 0.4) is 0 Å². The van der Waals surface area contributed by atoms with Gasteiger partial charge in [-0.3, -0.25) is 9.36 Å². The molecule has 1 aliphatic heterocycles. The molecule has 0 radical (unpaired) electrons. The first-order valence-electron chi connectivity index (χ1n) is 10.5. The van der Waals surface area contributed by atoms with Gasteiger partial charge in [0.05, 0.1) is 34.3 Å². The summed E-state index contributed by atoms with van der Waals surface area (Å²) in [4.78, 5) is 26.6.